The van der Waals surface area contributed by atoms with E-state index in [0.717, 1.165) is 5.56 Å². The van der Waals surface area contributed by atoms with Gasteiger partial charge < -0.3 is 15.2 Å². The molecule has 1 unspecified atom stereocenters. The molecular formula is C23H22N6O3. The number of para-hydroxylation sites is 1. The predicted molar refractivity (Wildman–Crippen MR) is 120 cm³/mol. The van der Waals surface area contributed by atoms with E-state index in [9.17, 15) is 14.4 Å². The molecule has 9 nitrogen and oxygen atoms in total. The van der Waals surface area contributed by atoms with Gasteiger partial charge in [-0.25, -0.2) is 9.50 Å². The predicted octanol–water partition coefficient (Wildman–Crippen LogP) is 2.37. The Hall–Kier alpha value is -4.01. The van der Waals surface area contributed by atoms with Crippen molar-refractivity contribution in [2.24, 2.45) is 5.92 Å². The zero-order valence-corrected chi connectivity index (χ0v) is 17.5. The van der Waals surface area contributed by atoms with Crippen LogP contribution in [0.4, 0.5) is 5.82 Å². The number of piperidine rings is 1. The Morgan fingerprint density at radius 3 is 2.88 bits per heavy atom. The van der Waals surface area contributed by atoms with Crippen molar-refractivity contribution in [2.45, 2.75) is 19.8 Å². The highest BCUT2D eigenvalue weighted by Gasteiger charge is 2.31. The van der Waals surface area contributed by atoms with Crippen LogP contribution in [0.25, 0.3) is 16.6 Å². The molecule has 1 aliphatic heterocycles. The fourth-order valence-electron chi connectivity index (χ4n) is 4.21. The van der Waals surface area contributed by atoms with Crippen molar-refractivity contribution in [3.8, 4) is 0 Å². The maximum Gasteiger partial charge on any atom is 0.259 e. The summed E-state index contributed by atoms with van der Waals surface area (Å²) in [6.07, 6.45) is 4.51. The van der Waals surface area contributed by atoms with E-state index in [1.165, 1.54) is 6.20 Å². The third-order valence-corrected chi connectivity index (χ3v) is 5.94. The number of nitrogens with zero attached hydrogens (tertiary/aromatic N) is 4. The lowest BCUT2D eigenvalue weighted by atomic mass is 9.96. The van der Waals surface area contributed by atoms with Crippen LogP contribution >= 0.6 is 0 Å². The van der Waals surface area contributed by atoms with Crippen LogP contribution in [0.15, 0.2) is 53.6 Å². The van der Waals surface area contributed by atoms with E-state index in [0.29, 0.717) is 53.9 Å². The summed E-state index contributed by atoms with van der Waals surface area (Å²) in [5.41, 5.74) is 1.91. The number of carbonyl (C=O) groups excluding carboxylic acids is 2. The molecule has 0 spiro atoms. The fraction of sp³-hybridized carbons (Fsp3) is 0.261. The Kier molecular flexibility index (Phi) is 4.93. The molecule has 1 atom stereocenters. The highest BCUT2D eigenvalue weighted by Crippen LogP contribution is 2.22. The molecular weight excluding hydrogens is 408 g/mol. The number of benzene rings is 1. The summed E-state index contributed by atoms with van der Waals surface area (Å²) in [5, 5.41) is 7.72. The highest BCUT2D eigenvalue weighted by molar-refractivity contribution is 6.01. The number of carbonyl (C=O) groups is 2. The molecule has 1 fully saturated rings. The van der Waals surface area contributed by atoms with E-state index in [4.69, 9.17) is 0 Å². The second-order valence-electron chi connectivity index (χ2n) is 8.04. The van der Waals surface area contributed by atoms with Crippen LogP contribution in [-0.2, 0) is 4.79 Å². The number of aromatic nitrogens is 4. The lowest BCUT2D eigenvalue weighted by Gasteiger charge is -2.31. The second-order valence-corrected chi connectivity index (χ2v) is 8.04. The van der Waals surface area contributed by atoms with Gasteiger partial charge in [0.15, 0.2) is 0 Å². The topological polar surface area (TPSA) is 112 Å². The smallest absolute Gasteiger partial charge is 0.259 e. The first-order valence-electron chi connectivity index (χ1n) is 10.5. The molecule has 0 aliphatic carbocycles. The van der Waals surface area contributed by atoms with E-state index in [-0.39, 0.29) is 23.3 Å². The molecule has 1 aliphatic rings. The number of likely N-dealkylation sites (tertiary alicyclic amines) is 1. The number of aromatic amines is 1. The maximum absolute atomic E-state index is 13.3. The van der Waals surface area contributed by atoms with Gasteiger partial charge >= 0.3 is 0 Å². The largest absolute Gasteiger partial charge is 0.338 e. The Morgan fingerprint density at radius 2 is 2.03 bits per heavy atom. The number of rotatable bonds is 3. The fourth-order valence-corrected chi connectivity index (χ4v) is 4.21. The lowest BCUT2D eigenvalue weighted by Crippen LogP contribution is -2.44. The van der Waals surface area contributed by atoms with Crippen LogP contribution < -0.4 is 10.9 Å². The summed E-state index contributed by atoms with van der Waals surface area (Å²) in [6, 6.07) is 10.8. The zero-order valence-electron chi connectivity index (χ0n) is 17.5. The molecule has 3 aromatic heterocycles. The van der Waals surface area contributed by atoms with Gasteiger partial charge in [-0.3, -0.25) is 14.4 Å². The van der Waals surface area contributed by atoms with Gasteiger partial charge in [0.2, 0.25) is 5.91 Å². The molecule has 9 heteroatoms. The molecule has 4 heterocycles. The van der Waals surface area contributed by atoms with Crippen LogP contribution in [0.1, 0.15) is 28.8 Å². The first-order chi connectivity index (χ1) is 15.5. The van der Waals surface area contributed by atoms with Crippen LogP contribution in [0, 0.1) is 12.8 Å². The monoisotopic (exact) mass is 430 g/mol. The normalized spacial score (nSPS) is 16.4. The molecule has 0 bridgehead atoms. The van der Waals surface area contributed by atoms with Gasteiger partial charge in [-0.2, -0.15) is 5.10 Å². The minimum absolute atomic E-state index is 0.149. The van der Waals surface area contributed by atoms with E-state index < -0.39 is 0 Å². The van der Waals surface area contributed by atoms with Gasteiger partial charge in [-0.15, -0.1) is 0 Å². The van der Waals surface area contributed by atoms with Crippen molar-refractivity contribution >= 4 is 34.2 Å². The molecule has 0 radical (unpaired) electrons. The molecule has 5 rings (SSSR count). The van der Waals surface area contributed by atoms with Gasteiger partial charge in [0.25, 0.3) is 11.5 Å². The molecule has 4 aromatic rings. The van der Waals surface area contributed by atoms with Gasteiger partial charge in [0.05, 0.1) is 23.0 Å². The van der Waals surface area contributed by atoms with E-state index in [1.807, 2.05) is 25.1 Å². The van der Waals surface area contributed by atoms with Crippen LogP contribution in [0.3, 0.4) is 0 Å². The van der Waals surface area contributed by atoms with E-state index in [1.54, 1.807) is 33.8 Å². The molecule has 2 amide bonds. The summed E-state index contributed by atoms with van der Waals surface area (Å²) < 4.78 is 1.57. The summed E-state index contributed by atoms with van der Waals surface area (Å²) in [7, 11) is 0. The van der Waals surface area contributed by atoms with Crippen molar-refractivity contribution in [1.29, 1.82) is 0 Å². The number of fused-ring (bicyclic) bond motifs is 3. The van der Waals surface area contributed by atoms with Crippen molar-refractivity contribution in [1.82, 2.24) is 24.5 Å². The molecule has 1 saturated heterocycles. The van der Waals surface area contributed by atoms with Crippen LogP contribution in [0.5, 0.6) is 0 Å². The van der Waals surface area contributed by atoms with Gasteiger partial charge in [-0.1, -0.05) is 18.2 Å². The van der Waals surface area contributed by atoms with Gasteiger partial charge in [0.1, 0.15) is 17.0 Å². The van der Waals surface area contributed by atoms with Crippen LogP contribution in [-0.4, -0.2) is 49.4 Å². The molecule has 1 aromatic carbocycles. The molecule has 2 N–H and O–H groups in total. The van der Waals surface area contributed by atoms with Crippen molar-refractivity contribution < 1.29 is 9.59 Å². The number of aryl methyl sites for hydroxylation is 1. The quantitative estimate of drug-likeness (QED) is 0.518. The number of nitrogens with one attached hydrogen (secondary N) is 2. The third-order valence-electron chi connectivity index (χ3n) is 5.94. The number of pyridine rings is 1. The number of anilines is 1. The first kappa shape index (κ1) is 19.9. The number of amides is 2. The standard InChI is InChI=1S/C23H22N6O3/c1-14-6-4-10-24-19(14)26-21(30)15-7-5-11-28(13-15)23(32)17-12-25-29-18-9-3-2-8-16(18)22(31)27-20(17)29/h2-4,6,8-10,12,15H,5,7,11,13H2,1H3,(H,27,31)(H,24,26,30). The van der Waals surface area contributed by atoms with Gasteiger partial charge in [-0.05, 0) is 43.5 Å². The summed E-state index contributed by atoms with van der Waals surface area (Å²) in [4.78, 5) is 47.3. The van der Waals surface area contributed by atoms with E-state index in [2.05, 4.69) is 20.4 Å². The number of hydrogen-bond acceptors (Lipinski definition) is 5. The Balaban J connectivity index is 1.40. The van der Waals surface area contributed by atoms with Gasteiger partial charge in [0, 0.05) is 19.3 Å². The SMILES string of the molecule is Cc1cccnc1NC(=O)C1CCCN(C(=O)c2cnn3c2[nH]c(=O)c2ccccc23)C1. The van der Waals surface area contributed by atoms with Crippen molar-refractivity contribution in [3.63, 3.8) is 0 Å². The summed E-state index contributed by atoms with van der Waals surface area (Å²) in [6.45, 7) is 2.72. The van der Waals surface area contributed by atoms with E-state index >= 15 is 0 Å². The molecule has 32 heavy (non-hydrogen) atoms. The number of H-pyrrole nitrogens is 1. The minimum atomic E-state index is -0.337. The Labute approximate surface area is 183 Å². The maximum atomic E-state index is 13.3. The van der Waals surface area contributed by atoms with Crippen LogP contribution in [0.2, 0.25) is 0 Å². The van der Waals surface area contributed by atoms with Crippen molar-refractivity contribution in [2.75, 3.05) is 18.4 Å². The lowest BCUT2D eigenvalue weighted by molar-refractivity contribution is -0.121. The molecule has 162 valence electrons. The Bertz CT molecular complexity index is 1410. The third kappa shape index (κ3) is 3.41. The average molecular weight is 430 g/mol. The summed E-state index contributed by atoms with van der Waals surface area (Å²) in [5.74, 6) is -0.204. The minimum Gasteiger partial charge on any atom is -0.338 e. The number of hydrogen-bond donors (Lipinski definition) is 2. The molecule has 0 saturated carbocycles. The first-order valence-corrected chi connectivity index (χ1v) is 10.5. The average Bonchev–Trinajstić information content (AvgIpc) is 3.24. The second kappa shape index (κ2) is 7.92. The zero-order chi connectivity index (χ0) is 22.2. The highest BCUT2D eigenvalue weighted by atomic mass is 16.2. The van der Waals surface area contributed by atoms with Crippen molar-refractivity contribution in [3.05, 3.63) is 70.3 Å². The summed E-state index contributed by atoms with van der Waals surface area (Å²) >= 11 is 0. The Morgan fingerprint density at radius 1 is 1.19 bits per heavy atom.